The van der Waals surface area contributed by atoms with Gasteiger partial charge in [-0.2, -0.15) is 0 Å². The number of fused-ring (bicyclic) bond motifs is 3. The molecule has 0 amide bonds. The molecule has 4 aromatic rings. The maximum atomic E-state index is 14.5. The lowest BCUT2D eigenvalue weighted by molar-refractivity contribution is -0.108. The molecule has 0 spiro atoms. The van der Waals surface area contributed by atoms with Crippen LogP contribution in [0.4, 0.5) is 10.1 Å². The Kier molecular flexibility index (Phi) is 9.46. The van der Waals surface area contributed by atoms with Crippen LogP contribution < -0.4 is 15.6 Å². The summed E-state index contributed by atoms with van der Waals surface area (Å²) >= 11 is 0. The highest BCUT2D eigenvalue weighted by atomic mass is 19.1. The Labute approximate surface area is 289 Å². The van der Waals surface area contributed by atoms with Gasteiger partial charge in [0.2, 0.25) is 0 Å². The van der Waals surface area contributed by atoms with Crippen molar-refractivity contribution in [2.24, 2.45) is 28.2 Å². The van der Waals surface area contributed by atoms with Crippen molar-refractivity contribution in [2.75, 3.05) is 45.2 Å². The normalized spacial score (nSPS) is 23.7. The van der Waals surface area contributed by atoms with Crippen LogP contribution in [0.15, 0.2) is 82.8 Å². The molecule has 4 atom stereocenters. The highest BCUT2D eigenvalue weighted by Gasteiger charge is 2.56. The van der Waals surface area contributed by atoms with Gasteiger partial charge in [0.1, 0.15) is 11.6 Å². The number of methoxy groups -OCH3 is 1. The fraction of sp³-hybridized carbons (Fsp3) is 0.475. The van der Waals surface area contributed by atoms with Crippen molar-refractivity contribution in [1.82, 2.24) is 19.4 Å². The number of aryl methyl sites for hydroxylation is 2. The maximum absolute atomic E-state index is 14.5. The third-order valence-corrected chi connectivity index (χ3v) is 11.8. The van der Waals surface area contributed by atoms with Gasteiger partial charge in [-0.05, 0) is 84.2 Å². The van der Waals surface area contributed by atoms with Crippen LogP contribution >= 0.6 is 0 Å². The average Bonchev–Trinajstić information content (AvgIpc) is 3.11. The van der Waals surface area contributed by atoms with Crippen molar-refractivity contribution < 1.29 is 9.13 Å². The number of aliphatic imine (C=N–C) groups is 1. The van der Waals surface area contributed by atoms with Crippen molar-refractivity contribution in [3.63, 3.8) is 0 Å². The van der Waals surface area contributed by atoms with Crippen molar-refractivity contribution in [3.8, 4) is 5.75 Å². The monoisotopic (exact) mass is 664 g/mol. The molecule has 49 heavy (non-hydrogen) atoms. The van der Waals surface area contributed by atoms with Gasteiger partial charge in [0.25, 0.3) is 5.56 Å². The van der Waals surface area contributed by atoms with Gasteiger partial charge in [-0.1, -0.05) is 57.2 Å². The van der Waals surface area contributed by atoms with Crippen LogP contribution in [0.3, 0.4) is 0 Å². The molecule has 9 heteroatoms. The van der Waals surface area contributed by atoms with E-state index in [2.05, 4.69) is 71.2 Å². The number of aromatic nitrogens is 2. The van der Waals surface area contributed by atoms with Gasteiger partial charge in [-0.25, -0.2) is 14.4 Å². The molecule has 1 aromatic heterocycles. The number of halogens is 1. The first kappa shape index (κ1) is 33.3. The van der Waals surface area contributed by atoms with E-state index in [1.807, 2.05) is 18.2 Å². The third-order valence-electron chi connectivity index (χ3n) is 11.8. The van der Waals surface area contributed by atoms with Gasteiger partial charge in [0.15, 0.2) is 5.96 Å². The van der Waals surface area contributed by atoms with Gasteiger partial charge < -0.3 is 15.0 Å². The smallest absolute Gasteiger partial charge is 0.261 e. The summed E-state index contributed by atoms with van der Waals surface area (Å²) < 4.78 is 21.2. The number of anilines is 1. The van der Waals surface area contributed by atoms with Gasteiger partial charge in [0, 0.05) is 51.0 Å². The molecule has 258 valence electrons. The SMILES string of the molecule is COc1ccc(CCn2cnc3cc(N/C(=N/[C@H]4C[C@@H]5C[C@H]([C@@H]4C)C5(C)C)N4CCN(CCc5ccccc5)CC4)ccc3c2=O)c(F)c1. The molecule has 3 saturated carbocycles. The highest BCUT2D eigenvalue weighted by Crippen LogP contribution is 2.61. The zero-order valence-electron chi connectivity index (χ0n) is 29.2. The van der Waals surface area contributed by atoms with E-state index in [4.69, 9.17) is 9.73 Å². The van der Waals surface area contributed by atoms with Crippen LogP contribution in [0.5, 0.6) is 5.75 Å². The van der Waals surface area contributed by atoms with Gasteiger partial charge in [-0.15, -0.1) is 0 Å². The fourth-order valence-electron chi connectivity index (χ4n) is 8.38. The second kappa shape index (κ2) is 13.9. The zero-order valence-corrected chi connectivity index (χ0v) is 29.2. The molecule has 1 N–H and O–H groups in total. The summed E-state index contributed by atoms with van der Waals surface area (Å²) in [6.45, 7) is 12.4. The molecule has 2 heterocycles. The first-order chi connectivity index (χ1) is 23.7. The van der Waals surface area contributed by atoms with Gasteiger partial charge in [-0.3, -0.25) is 14.3 Å². The predicted octanol–water partition coefficient (Wildman–Crippen LogP) is 6.49. The molecule has 1 saturated heterocycles. The van der Waals surface area contributed by atoms with Crippen molar-refractivity contribution in [3.05, 3.63) is 100 Å². The summed E-state index contributed by atoms with van der Waals surface area (Å²) in [5.41, 5.74) is 3.68. The Morgan fingerprint density at radius 2 is 1.80 bits per heavy atom. The Bertz CT molecular complexity index is 1870. The number of ether oxygens (including phenoxy) is 1. The Balaban J connectivity index is 1.07. The van der Waals surface area contributed by atoms with Crippen LogP contribution in [0, 0.1) is 29.0 Å². The van der Waals surface area contributed by atoms with Gasteiger partial charge >= 0.3 is 0 Å². The minimum atomic E-state index is -0.341. The quantitative estimate of drug-likeness (QED) is 0.163. The molecule has 8 rings (SSSR count). The van der Waals surface area contributed by atoms with Gasteiger partial charge in [0.05, 0.1) is 30.4 Å². The topological polar surface area (TPSA) is 75.0 Å². The van der Waals surface area contributed by atoms with E-state index in [1.54, 1.807) is 23.0 Å². The van der Waals surface area contributed by atoms with Crippen molar-refractivity contribution in [2.45, 2.75) is 59.0 Å². The second-order valence-electron chi connectivity index (χ2n) is 14.8. The van der Waals surface area contributed by atoms with Crippen LogP contribution in [0.25, 0.3) is 10.9 Å². The number of hydrogen-bond acceptors (Lipinski definition) is 5. The molecular weight excluding hydrogens is 615 g/mol. The van der Waals surface area contributed by atoms with E-state index < -0.39 is 0 Å². The molecule has 2 bridgehead atoms. The molecule has 3 aromatic carbocycles. The van der Waals surface area contributed by atoms with Crippen LogP contribution in [0.2, 0.25) is 0 Å². The number of piperazine rings is 1. The average molecular weight is 665 g/mol. The number of hydrogen-bond donors (Lipinski definition) is 1. The lowest BCUT2D eigenvalue weighted by atomic mass is 9.45. The number of nitrogens with zero attached hydrogens (tertiary/aromatic N) is 5. The van der Waals surface area contributed by atoms with E-state index in [-0.39, 0.29) is 17.4 Å². The molecule has 4 aliphatic rings. The zero-order chi connectivity index (χ0) is 34.1. The van der Waals surface area contributed by atoms with Crippen molar-refractivity contribution >= 4 is 22.5 Å². The van der Waals surface area contributed by atoms with E-state index in [1.165, 1.54) is 25.2 Å². The molecule has 0 unspecified atom stereocenters. The number of nitrogens with one attached hydrogen (secondary N) is 1. The number of guanidine groups is 1. The lowest BCUT2D eigenvalue weighted by Gasteiger charge is -2.61. The standard InChI is InChI=1S/C40H49FN6O2/c1-27-34-22-30(40(34,2)3)23-36(27)44-39(46-20-18-45(19-21-46)16-14-28-8-6-5-7-9-28)43-31-11-13-33-37(24-31)42-26-47(38(33)48)17-15-29-10-12-32(49-4)25-35(29)41/h5-13,24-27,30,34,36H,14-23H2,1-4H3,(H,43,44)/t27-,30-,34+,36-/m0/s1. The summed E-state index contributed by atoms with van der Waals surface area (Å²) in [5, 5.41) is 4.22. The largest absolute Gasteiger partial charge is 0.497 e. The predicted molar refractivity (Wildman–Crippen MR) is 195 cm³/mol. The summed E-state index contributed by atoms with van der Waals surface area (Å²) in [5.74, 6) is 3.03. The van der Waals surface area contributed by atoms with Crippen molar-refractivity contribution in [1.29, 1.82) is 0 Å². The van der Waals surface area contributed by atoms with E-state index >= 15 is 0 Å². The molecule has 3 aliphatic carbocycles. The summed E-state index contributed by atoms with van der Waals surface area (Å²) in [6.07, 6.45) is 5.46. The van der Waals surface area contributed by atoms with E-state index in [0.29, 0.717) is 52.4 Å². The minimum absolute atomic E-state index is 0.135. The number of rotatable bonds is 9. The Hall–Kier alpha value is -4.24. The molecule has 8 nitrogen and oxygen atoms in total. The first-order valence-electron chi connectivity index (χ1n) is 17.9. The highest BCUT2D eigenvalue weighted by molar-refractivity contribution is 5.96. The van der Waals surface area contributed by atoms with Crippen LogP contribution in [0.1, 0.15) is 44.7 Å². The van der Waals surface area contributed by atoms with Crippen LogP contribution in [-0.2, 0) is 19.4 Å². The number of benzene rings is 3. The molecule has 1 aliphatic heterocycles. The summed E-state index contributed by atoms with van der Waals surface area (Å²) in [6, 6.07) is 21.6. The maximum Gasteiger partial charge on any atom is 0.261 e. The van der Waals surface area contributed by atoms with E-state index in [0.717, 1.165) is 63.1 Å². The lowest BCUT2D eigenvalue weighted by Crippen LogP contribution is -2.57. The Morgan fingerprint density at radius 3 is 2.51 bits per heavy atom. The van der Waals surface area contributed by atoms with E-state index in [9.17, 15) is 9.18 Å². The summed E-state index contributed by atoms with van der Waals surface area (Å²) in [7, 11) is 1.51. The first-order valence-corrected chi connectivity index (χ1v) is 17.9. The Morgan fingerprint density at radius 1 is 1.00 bits per heavy atom. The molecule has 4 fully saturated rings. The molecular formula is C40H49FN6O2. The fourth-order valence-corrected chi connectivity index (χ4v) is 8.38. The molecule has 0 radical (unpaired) electrons. The minimum Gasteiger partial charge on any atom is -0.497 e. The van der Waals surface area contributed by atoms with Crippen LogP contribution in [-0.4, -0.2) is 71.2 Å². The third kappa shape index (κ3) is 6.95. The second-order valence-corrected chi connectivity index (χ2v) is 14.8. The summed E-state index contributed by atoms with van der Waals surface area (Å²) in [4.78, 5) is 28.5.